The number of terminal acetylenes is 1. The predicted octanol–water partition coefficient (Wildman–Crippen LogP) is 2.85. The van der Waals surface area contributed by atoms with E-state index in [-0.39, 0.29) is 5.60 Å². The van der Waals surface area contributed by atoms with E-state index in [1.54, 1.807) is 12.4 Å². The number of benzene rings is 1. The lowest BCUT2D eigenvalue weighted by Gasteiger charge is -2.36. The van der Waals surface area contributed by atoms with Gasteiger partial charge in [0.2, 0.25) is 5.88 Å². The molecule has 1 N–H and O–H groups in total. The molecule has 0 bridgehead atoms. The van der Waals surface area contributed by atoms with Gasteiger partial charge in [0.1, 0.15) is 11.4 Å². The molecule has 0 amide bonds. The van der Waals surface area contributed by atoms with Crippen molar-refractivity contribution in [1.29, 1.82) is 0 Å². The number of likely N-dealkylation sites (tertiary alicyclic amines) is 1. The second-order valence-corrected chi connectivity index (χ2v) is 6.69. The van der Waals surface area contributed by atoms with E-state index in [0.29, 0.717) is 11.6 Å². The second kappa shape index (κ2) is 7.20. The highest BCUT2D eigenvalue weighted by Gasteiger charge is 2.39. The van der Waals surface area contributed by atoms with E-state index in [2.05, 4.69) is 39.5 Å². The Kier molecular flexibility index (Phi) is 4.61. The zero-order valence-corrected chi connectivity index (χ0v) is 14.5. The Hall–Kier alpha value is -2.81. The quantitative estimate of drug-likeness (QED) is 0.862. The van der Waals surface area contributed by atoms with E-state index >= 15 is 0 Å². The van der Waals surface area contributed by atoms with E-state index in [0.717, 1.165) is 38.0 Å². The molecule has 1 saturated heterocycles. The summed E-state index contributed by atoms with van der Waals surface area (Å²) < 4.78 is 5.78. The van der Waals surface area contributed by atoms with Crippen LogP contribution in [-0.4, -0.2) is 28.6 Å². The first-order valence-electron chi connectivity index (χ1n) is 8.77. The van der Waals surface area contributed by atoms with E-state index in [9.17, 15) is 0 Å². The molecular weight excluding hydrogens is 326 g/mol. The third kappa shape index (κ3) is 3.72. The van der Waals surface area contributed by atoms with Crippen LogP contribution in [0.4, 0.5) is 0 Å². The van der Waals surface area contributed by atoms with Crippen LogP contribution in [-0.2, 0) is 11.4 Å². The number of aromatic nitrogens is 1. The molecule has 0 saturated carbocycles. The fourth-order valence-electron chi connectivity index (χ4n) is 3.34. The van der Waals surface area contributed by atoms with Crippen LogP contribution in [0.3, 0.4) is 0 Å². The van der Waals surface area contributed by atoms with Crippen molar-refractivity contribution in [3.8, 4) is 18.1 Å². The van der Waals surface area contributed by atoms with Crippen molar-refractivity contribution >= 4 is 0 Å². The molecule has 1 aromatic carbocycles. The summed E-state index contributed by atoms with van der Waals surface area (Å²) in [6.45, 7) is 2.86. The Bertz CT molecular complexity index is 817. The van der Waals surface area contributed by atoms with E-state index in [4.69, 9.17) is 16.0 Å². The molecular formula is C21H21N3O2. The maximum atomic E-state index is 5.86. The Labute approximate surface area is 153 Å². The zero-order valence-electron chi connectivity index (χ0n) is 14.5. The Balaban J connectivity index is 1.33. The van der Waals surface area contributed by atoms with Crippen molar-refractivity contribution in [2.45, 2.75) is 25.0 Å². The van der Waals surface area contributed by atoms with Gasteiger partial charge in [-0.2, -0.15) is 0 Å². The van der Waals surface area contributed by atoms with Crippen molar-refractivity contribution in [1.82, 2.24) is 15.4 Å². The smallest absolute Gasteiger partial charge is 0.216 e. The summed E-state index contributed by atoms with van der Waals surface area (Å²) in [5, 5.41) is 0. The Morgan fingerprint density at radius 3 is 2.73 bits per heavy atom. The number of hydrogen-bond donors (Lipinski definition) is 1. The van der Waals surface area contributed by atoms with Crippen LogP contribution in [0.5, 0.6) is 5.75 Å². The summed E-state index contributed by atoms with van der Waals surface area (Å²) in [5.41, 5.74) is 4.83. The van der Waals surface area contributed by atoms with Crippen LogP contribution in [0, 0.1) is 12.3 Å². The number of hydrogen-bond acceptors (Lipinski definition) is 5. The molecule has 5 heteroatoms. The highest BCUT2D eigenvalue weighted by molar-refractivity contribution is 5.34. The summed E-state index contributed by atoms with van der Waals surface area (Å²) in [6, 6.07) is 11.9. The molecule has 5 nitrogen and oxygen atoms in total. The second-order valence-electron chi connectivity index (χ2n) is 6.69. The van der Waals surface area contributed by atoms with Crippen LogP contribution in [0.15, 0.2) is 60.8 Å². The average molecular weight is 347 g/mol. The molecule has 2 aromatic rings. The zero-order chi connectivity index (χ0) is 17.8. The standard InChI is InChI=1S/C21H21N3O2/c1-2-17-5-7-18(8-6-17)16-24-12-9-21(10-13-24)14-20(23-26-21)25-19-4-3-11-22-15-19/h1,3-8,11,14-15,23H,9-10,12-13,16H2. The Morgan fingerprint density at radius 1 is 1.23 bits per heavy atom. The number of nitrogens with zero attached hydrogens (tertiary/aromatic N) is 2. The van der Waals surface area contributed by atoms with Crippen molar-refractivity contribution < 1.29 is 9.57 Å². The molecule has 0 unspecified atom stereocenters. The first-order chi connectivity index (χ1) is 12.7. The van der Waals surface area contributed by atoms with Gasteiger partial charge in [0.05, 0.1) is 6.20 Å². The topological polar surface area (TPSA) is 46.6 Å². The lowest BCUT2D eigenvalue weighted by atomic mass is 9.91. The van der Waals surface area contributed by atoms with Crippen molar-refractivity contribution in [2.75, 3.05) is 13.1 Å². The molecule has 0 radical (unpaired) electrons. The number of rotatable bonds is 4. The summed E-state index contributed by atoms with van der Waals surface area (Å²) in [5.74, 6) is 3.98. The van der Waals surface area contributed by atoms with Crippen LogP contribution in [0.2, 0.25) is 0 Å². The summed E-state index contributed by atoms with van der Waals surface area (Å²) >= 11 is 0. The van der Waals surface area contributed by atoms with Crippen LogP contribution < -0.4 is 10.2 Å². The van der Waals surface area contributed by atoms with Crippen molar-refractivity contribution in [3.63, 3.8) is 0 Å². The first-order valence-corrected chi connectivity index (χ1v) is 8.77. The molecule has 2 aliphatic heterocycles. The highest BCUT2D eigenvalue weighted by atomic mass is 16.7. The predicted molar refractivity (Wildman–Crippen MR) is 98.8 cm³/mol. The highest BCUT2D eigenvalue weighted by Crippen LogP contribution is 2.32. The third-order valence-electron chi connectivity index (χ3n) is 4.84. The summed E-state index contributed by atoms with van der Waals surface area (Å²) in [6.07, 6.45) is 12.7. The van der Waals surface area contributed by atoms with Gasteiger partial charge in [0, 0.05) is 37.5 Å². The molecule has 26 heavy (non-hydrogen) atoms. The summed E-state index contributed by atoms with van der Waals surface area (Å²) in [4.78, 5) is 12.3. The molecule has 0 aliphatic carbocycles. The SMILES string of the molecule is C#Cc1ccc(CN2CCC3(C=C(Oc4cccnc4)NO3)CC2)cc1. The molecule has 132 valence electrons. The maximum absolute atomic E-state index is 5.86. The van der Waals surface area contributed by atoms with Gasteiger partial charge in [-0.1, -0.05) is 18.1 Å². The summed E-state index contributed by atoms with van der Waals surface area (Å²) in [7, 11) is 0. The number of pyridine rings is 1. The van der Waals surface area contributed by atoms with Gasteiger partial charge in [0.25, 0.3) is 0 Å². The van der Waals surface area contributed by atoms with Crippen molar-refractivity contribution in [2.24, 2.45) is 0 Å². The maximum Gasteiger partial charge on any atom is 0.216 e. The molecule has 0 atom stereocenters. The average Bonchev–Trinajstić information content (AvgIpc) is 3.07. The molecule has 4 rings (SSSR count). The van der Waals surface area contributed by atoms with Gasteiger partial charge in [-0.15, -0.1) is 6.42 Å². The van der Waals surface area contributed by atoms with Gasteiger partial charge < -0.3 is 4.74 Å². The lowest BCUT2D eigenvalue weighted by molar-refractivity contribution is -0.0801. The normalized spacial score (nSPS) is 18.8. The number of nitrogens with one attached hydrogen (secondary N) is 1. The van der Waals surface area contributed by atoms with Gasteiger partial charge >= 0.3 is 0 Å². The Morgan fingerprint density at radius 2 is 2.04 bits per heavy atom. The minimum Gasteiger partial charge on any atom is -0.438 e. The number of ether oxygens (including phenoxy) is 1. The van der Waals surface area contributed by atoms with Crippen LogP contribution in [0.1, 0.15) is 24.0 Å². The monoisotopic (exact) mass is 347 g/mol. The fourth-order valence-corrected chi connectivity index (χ4v) is 3.34. The molecule has 1 fully saturated rings. The van der Waals surface area contributed by atoms with Crippen LogP contribution >= 0.6 is 0 Å². The van der Waals surface area contributed by atoms with E-state index < -0.39 is 0 Å². The van der Waals surface area contributed by atoms with Crippen LogP contribution in [0.25, 0.3) is 0 Å². The number of piperidine rings is 1. The first kappa shape index (κ1) is 16.6. The van der Waals surface area contributed by atoms with Gasteiger partial charge in [0.15, 0.2) is 0 Å². The van der Waals surface area contributed by atoms with Gasteiger partial charge in [-0.3, -0.25) is 14.7 Å². The molecule has 2 aliphatic rings. The minimum absolute atomic E-state index is 0.290. The molecule has 1 aromatic heterocycles. The van der Waals surface area contributed by atoms with E-state index in [1.165, 1.54) is 5.56 Å². The molecule has 1 spiro atoms. The molecule has 3 heterocycles. The van der Waals surface area contributed by atoms with Crippen molar-refractivity contribution in [3.05, 3.63) is 71.9 Å². The lowest BCUT2D eigenvalue weighted by Crippen LogP contribution is -2.44. The van der Waals surface area contributed by atoms with Gasteiger partial charge in [-0.05, 0) is 42.7 Å². The minimum atomic E-state index is -0.290. The van der Waals surface area contributed by atoms with Gasteiger partial charge in [-0.25, -0.2) is 5.48 Å². The number of hydroxylamine groups is 1. The fraction of sp³-hybridized carbons (Fsp3) is 0.286. The van der Waals surface area contributed by atoms with E-state index in [1.807, 2.05) is 24.3 Å². The largest absolute Gasteiger partial charge is 0.438 e. The third-order valence-corrected chi connectivity index (χ3v) is 4.84.